The van der Waals surface area contributed by atoms with Gasteiger partial charge in [-0.3, -0.25) is 0 Å². The molecule has 1 N–H and O–H groups in total. The van der Waals surface area contributed by atoms with Crippen LogP contribution in [0.25, 0.3) is 0 Å². The molecule has 1 aromatic heterocycles. The second kappa shape index (κ2) is 7.05. The summed E-state index contributed by atoms with van der Waals surface area (Å²) in [6, 6.07) is 0. The number of thioether (sulfide) groups is 2. The molecule has 0 aromatic carbocycles. The predicted molar refractivity (Wildman–Crippen MR) is 100 cm³/mol. The van der Waals surface area contributed by atoms with E-state index in [1.165, 1.54) is 11.5 Å². The minimum absolute atomic E-state index is 0.0465. The van der Waals surface area contributed by atoms with Crippen LogP contribution in [0.3, 0.4) is 0 Å². The SMILES string of the molecule is CCNc1nc(C2CSCCS2)nc(C(C)(C)C)c1I. The summed E-state index contributed by atoms with van der Waals surface area (Å²) >= 11 is 6.38. The van der Waals surface area contributed by atoms with Crippen molar-refractivity contribution in [3.8, 4) is 0 Å². The number of anilines is 1. The van der Waals surface area contributed by atoms with Crippen LogP contribution in [0.1, 0.15) is 44.5 Å². The summed E-state index contributed by atoms with van der Waals surface area (Å²) < 4.78 is 1.16. The fourth-order valence-electron chi connectivity index (χ4n) is 2.03. The van der Waals surface area contributed by atoms with Crippen molar-refractivity contribution in [1.29, 1.82) is 0 Å². The highest BCUT2D eigenvalue weighted by Crippen LogP contribution is 2.38. The molecule has 112 valence electrons. The summed E-state index contributed by atoms with van der Waals surface area (Å²) in [6.45, 7) is 9.67. The van der Waals surface area contributed by atoms with E-state index in [0.29, 0.717) is 5.25 Å². The van der Waals surface area contributed by atoms with Gasteiger partial charge in [0.1, 0.15) is 11.6 Å². The van der Waals surface area contributed by atoms with Crippen molar-refractivity contribution in [2.24, 2.45) is 0 Å². The Labute approximate surface area is 144 Å². The third-order valence-electron chi connectivity index (χ3n) is 3.03. The van der Waals surface area contributed by atoms with Crippen molar-refractivity contribution >= 4 is 51.9 Å². The molecule has 0 radical (unpaired) electrons. The van der Waals surface area contributed by atoms with Gasteiger partial charge in [-0.05, 0) is 29.5 Å². The van der Waals surface area contributed by atoms with E-state index in [-0.39, 0.29) is 5.41 Å². The average molecular weight is 423 g/mol. The van der Waals surface area contributed by atoms with E-state index < -0.39 is 0 Å². The minimum Gasteiger partial charge on any atom is -0.369 e. The molecule has 3 nitrogen and oxygen atoms in total. The Kier molecular flexibility index (Phi) is 5.88. The first-order chi connectivity index (χ1) is 9.43. The maximum atomic E-state index is 4.92. The number of halogens is 1. The van der Waals surface area contributed by atoms with Crippen molar-refractivity contribution in [3.63, 3.8) is 0 Å². The maximum absolute atomic E-state index is 4.92. The first kappa shape index (κ1) is 16.7. The highest BCUT2D eigenvalue weighted by atomic mass is 127. The molecule has 0 amide bonds. The lowest BCUT2D eigenvalue weighted by Crippen LogP contribution is -2.21. The molecule has 1 saturated heterocycles. The quantitative estimate of drug-likeness (QED) is 0.733. The van der Waals surface area contributed by atoms with Crippen molar-refractivity contribution in [1.82, 2.24) is 9.97 Å². The highest BCUT2D eigenvalue weighted by Gasteiger charge is 2.26. The van der Waals surface area contributed by atoms with Gasteiger partial charge in [0.2, 0.25) is 0 Å². The molecule has 1 atom stereocenters. The lowest BCUT2D eigenvalue weighted by Gasteiger charge is -2.25. The Hall–Kier alpha value is 0.310. The number of hydrogen-bond acceptors (Lipinski definition) is 5. The molecule has 2 heterocycles. The van der Waals surface area contributed by atoms with Gasteiger partial charge in [0.05, 0.1) is 14.5 Å². The van der Waals surface area contributed by atoms with Gasteiger partial charge in [-0.1, -0.05) is 20.8 Å². The Bertz CT molecular complexity index is 468. The molecule has 1 aliphatic heterocycles. The summed E-state index contributed by atoms with van der Waals surface area (Å²) in [7, 11) is 0. The van der Waals surface area contributed by atoms with Gasteiger partial charge < -0.3 is 5.32 Å². The molecule has 1 aromatic rings. The Balaban J connectivity index is 2.43. The first-order valence-corrected chi connectivity index (χ1v) is 10.2. The van der Waals surface area contributed by atoms with Gasteiger partial charge in [0.15, 0.2) is 0 Å². The van der Waals surface area contributed by atoms with Gasteiger partial charge in [0, 0.05) is 29.2 Å². The van der Waals surface area contributed by atoms with Crippen LogP contribution in [0.2, 0.25) is 0 Å². The fraction of sp³-hybridized carbons (Fsp3) is 0.714. The smallest absolute Gasteiger partial charge is 0.144 e. The van der Waals surface area contributed by atoms with Gasteiger partial charge in [-0.2, -0.15) is 11.8 Å². The largest absolute Gasteiger partial charge is 0.369 e. The molecule has 6 heteroatoms. The van der Waals surface area contributed by atoms with Crippen LogP contribution < -0.4 is 5.32 Å². The normalized spacial score (nSPS) is 19.9. The Morgan fingerprint density at radius 3 is 2.60 bits per heavy atom. The molecular formula is C14H22IN3S2. The molecule has 1 aliphatic rings. The van der Waals surface area contributed by atoms with Gasteiger partial charge >= 0.3 is 0 Å². The van der Waals surface area contributed by atoms with Crippen molar-refractivity contribution in [2.75, 3.05) is 29.1 Å². The zero-order chi connectivity index (χ0) is 14.8. The number of rotatable bonds is 3. The standard InChI is InChI=1S/C14H22IN3S2/c1-5-16-13-10(15)11(14(2,3)4)17-12(18-13)9-8-19-6-7-20-9/h9H,5-8H2,1-4H3,(H,16,17,18). The third kappa shape index (κ3) is 3.94. The van der Waals surface area contributed by atoms with Crippen molar-refractivity contribution in [2.45, 2.75) is 38.4 Å². The fourth-order valence-corrected chi connectivity index (χ4v) is 5.87. The van der Waals surface area contributed by atoms with E-state index in [2.05, 4.69) is 55.6 Å². The minimum atomic E-state index is 0.0465. The zero-order valence-electron chi connectivity index (χ0n) is 12.5. The summed E-state index contributed by atoms with van der Waals surface area (Å²) in [5, 5.41) is 3.83. The van der Waals surface area contributed by atoms with E-state index >= 15 is 0 Å². The van der Waals surface area contributed by atoms with Gasteiger partial charge in [-0.25, -0.2) is 9.97 Å². The van der Waals surface area contributed by atoms with Crippen LogP contribution in [0.4, 0.5) is 5.82 Å². The van der Waals surface area contributed by atoms with E-state index in [4.69, 9.17) is 9.97 Å². The Morgan fingerprint density at radius 1 is 1.30 bits per heavy atom. The average Bonchev–Trinajstić information content (AvgIpc) is 2.41. The zero-order valence-corrected chi connectivity index (χ0v) is 16.3. The monoisotopic (exact) mass is 423 g/mol. The third-order valence-corrected chi connectivity index (χ3v) is 6.80. The van der Waals surface area contributed by atoms with Crippen LogP contribution in [-0.2, 0) is 5.41 Å². The summed E-state index contributed by atoms with van der Waals surface area (Å²) in [6.07, 6.45) is 0. The van der Waals surface area contributed by atoms with Gasteiger partial charge in [0.25, 0.3) is 0 Å². The number of aromatic nitrogens is 2. The van der Waals surface area contributed by atoms with E-state index in [0.717, 1.165) is 33.2 Å². The molecule has 20 heavy (non-hydrogen) atoms. The first-order valence-electron chi connectivity index (χ1n) is 6.94. The summed E-state index contributed by atoms with van der Waals surface area (Å²) in [5.41, 5.74) is 1.21. The molecule has 0 spiro atoms. The van der Waals surface area contributed by atoms with Crippen LogP contribution in [0, 0.1) is 3.57 Å². The van der Waals surface area contributed by atoms with E-state index in [1.54, 1.807) is 0 Å². The second-order valence-electron chi connectivity index (χ2n) is 5.81. The van der Waals surface area contributed by atoms with Gasteiger partial charge in [-0.15, -0.1) is 11.8 Å². The van der Waals surface area contributed by atoms with E-state index in [9.17, 15) is 0 Å². The van der Waals surface area contributed by atoms with Crippen LogP contribution >= 0.6 is 46.1 Å². The molecule has 1 fully saturated rings. The van der Waals surface area contributed by atoms with Crippen LogP contribution in [-0.4, -0.2) is 33.8 Å². The molecule has 0 bridgehead atoms. The highest BCUT2D eigenvalue weighted by molar-refractivity contribution is 14.1. The Morgan fingerprint density at radius 2 is 2.05 bits per heavy atom. The summed E-state index contributed by atoms with van der Waals surface area (Å²) in [5.74, 6) is 5.58. The summed E-state index contributed by atoms with van der Waals surface area (Å²) in [4.78, 5) is 9.71. The topological polar surface area (TPSA) is 37.8 Å². The number of nitrogens with one attached hydrogen (secondary N) is 1. The second-order valence-corrected chi connectivity index (χ2v) is 9.35. The molecular weight excluding hydrogens is 401 g/mol. The van der Waals surface area contributed by atoms with Crippen molar-refractivity contribution < 1.29 is 0 Å². The lowest BCUT2D eigenvalue weighted by molar-refractivity contribution is 0.558. The number of nitrogens with zero attached hydrogens (tertiary/aromatic N) is 2. The maximum Gasteiger partial charge on any atom is 0.144 e. The predicted octanol–water partition coefficient (Wildman–Crippen LogP) is 4.33. The molecule has 1 unspecified atom stereocenters. The molecule has 2 rings (SSSR count). The van der Waals surface area contributed by atoms with Crippen LogP contribution in [0.15, 0.2) is 0 Å². The van der Waals surface area contributed by atoms with Crippen molar-refractivity contribution in [3.05, 3.63) is 15.1 Å². The lowest BCUT2D eigenvalue weighted by atomic mass is 9.92. The van der Waals surface area contributed by atoms with Crippen LogP contribution in [0.5, 0.6) is 0 Å². The number of hydrogen-bond donors (Lipinski definition) is 1. The molecule has 0 saturated carbocycles. The van der Waals surface area contributed by atoms with E-state index in [1.807, 2.05) is 23.5 Å². The molecule has 0 aliphatic carbocycles.